The Labute approximate surface area is 126 Å². The van der Waals surface area contributed by atoms with Gasteiger partial charge in [0.05, 0.1) is 11.5 Å². The molecule has 21 heavy (non-hydrogen) atoms. The number of aryl methyl sites for hydroxylation is 1. The first-order valence-electron chi connectivity index (χ1n) is 7.17. The molecule has 1 aromatic rings. The molecule has 5 nitrogen and oxygen atoms in total. The van der Waals surface area contributed by atoms with Crippen molar-refractivity contribution in [1.82, 2.24) is 5.32 Å². The van der Waals surface area contributed by atoms with E-state index in [9.17, 15) is 13.2 Å². The minimum atomic E-state index is -2.89. The van der Waals surface area contributed by atoms with Crippen LogP contribution in [-0.2, 0) is 14.6 Å². The van der Waals surface area contributed by atoms with Gasteiger partial charge in [0.1, 0.15) is 0 Å². The molecule has 1 heterocycles. The van der Waals surface area contributed by atoms with Gasteiger partial charge in [-0.15, -0.1) is 0 Å². The van der Waals surface area contributed by atoms with Crippen LogP contribution in [0, 0.1) is 6.92 Å². The Bertz CT molecular complexity index is 596. The van der Waals surface area contributed by atoms with Crippen molar-refractivity contribution in [2.75, 3.05) is 16.8 Å². The Hall–Kier alpha value is -1.40. The SMILES string of the molecule is Cc1ccc(NC(=O)C[C@@H](C)N[C@@H]2CCS(=O)(=O)C2)cc1. The fraction of sp³-hybridized carbons (Fsp3) is 0.533. The minimum Gasteiger partial charge on any atom is -0.326 e. The lowest BCUT2D eigenvalue weighted by Crippen LogP contribution is -2.39. The second kappa shape index (κ2) is 6.58. The molecule has 0 unspecified atom stereocenters. The molecule has 1 amide bonds. The molecule has 1 saturated heterocycles. The molecule has 0 aromatic heterocycles. The Balaban J connectivity index is 1.78. The zero-order valence-electron chi connectivity index (χ0n) is 12.4. The van der Waals surface area contributed by atoms with Crippen LogP contribution in [0.1, 0.15) is 25.3 Å². The molecular formula is C15H22N2O3S. The summed E-state index contributed by atoms with van der Waals surface area (Å²) >= 11 is 0. The quantitative estimate of drug-likeness (QED) is 0.864. The van der Waals surface area contributed by atoms with E-state index in [1.54, 1.807) is 0 Å². The van der Waals surface area contributed by atoms with E-state index in [0.717, 1.165) is 11.3 Å². The first-order valence-corrected chi connectivity index (χ1v) is 8.99. The standard InChI is InChI=1S/C15H22N2O3S/c1-11-3-5-13(6-4-11)17-15(18)9-12(2)16-14-7-8-21(19,20)10-14/h3-6,12,14,16H,7-10H2,1-2H3,(H,17,18)/t12-,14-/m1/s1. The summed E-state index contributed by atoms with van der Waals surface area (Å²) in [6, 6.07) is 7.55. The van der Waals surface area contributed by atoms with Gasteiger partial charge >= 0.3 is 0 Å². The van der Waals surface area contributed by atoms with E-state index in [0.29, 0.717) is 12.8 Å². The maximum Gasteiger partial charge on any atom is 0.225 e. The van der Waals surface area contributed by atoms with Crippen molar-refractivity contribution in [2.45, 2.75) is 38.8 Å². The van der Waals surface area contributed by atoms with Gasteiger partial charge < -0.3 is 10.6 Å². The maximum absolute atomic E-state index is 11.9. The lowest BCUT2D eigenvalue weighted by molar-refractivity contribution is -0.116. The molecule has 1 aromatic carbocycles. The molecule has 2 rings (SSSR count). The van der Waals surface area contributed by atoms with Gasteiger partial charge in [-0.2, -0.15) is 0 Å². The van der Waals surface area contributed by atoms with E-state index < -0.39 is 9.84 Å². The van der Waals surface area contributed by atoms with E-state index in [-0.39, 0.29) is 29.5 Å². The number of carbonyl (C=O) groups is 1. The number of anilines is 1. The average molecular weight is 310 g/mol. The Morgan fingerprint density at radius 2 is 2.00 bits per heavy atom. The number of hydrogen-bond donors (Lipinski definition) is 2. The largest absolute Gasteiger partial charge is 0.326 e. The lowest BCUT2D eigenvalue weighted by atomic mass is 10.1. The van der Waals surface area contributed by atoms with E-state index >= 15 is 0 Å². The highest BCUT2D eigenvalue weighted by molar-refractivity contribution is 7.91. The third-order valence-corrected chi connectivity index (χ3v) is 5.35. The fourth-order valence-corrected chi connectivity index (χ4v) is 4.20. The van der Waals surface area contributed by atoms with Crippen molar-refractivity contribution in [1.29, 1.82) is 0 Å². The van der Waals surface area contributed by atoms with Gasteiger partial charge in [0, 0.05) is 24.2 Å². The number of nitrogens with one attached hydrogen (secondary N) is 2. The third kappa shape index (κ3) is 5.13. The van der Waals surface area contributed by atoms with Crippen LogP contribution in [0.25, 0.3) is 0 Å². The zero-order valence-corrected chi connectivity index (χ0v) is 13.2. The van der Waals surface area contributed by atoms with Crippen molar-refractivity contribution >= 4 is 21.4 Å². The number of carbonyl (C=O) groups excluding carboxylic acids is 1. The topological polar surface area (TPSA) is 75.3 Å². The second-order valence-electron chi connectivity index (χ2n) is 5.79. The van der Waals surface area contributed by atoms with Gasteiger partial charge in [-0.3, -0.25) is 4.79 Å². The highest BCUT2D eigenvalue weighted by Gasteiger charge is 2.28. The zero-order chi connectivity index (χ0) is 15.5. The van der Waals surface area contributed by atoms with Crippen LogP contribution in [-0.4, -0.2) is 37.9 Å². The third-order valence-electron chi connectivity index (χ3n) is 3.58. The van der Waals surface area contributed by atoms with E-state index in [4.69, 9.17) is 0 Å². The summed E-state index contributed by atoms with van der Waals surface area (Å²) in [5.41, 5.74) is 1.92. The van der Waals surface area contributed by atoms with Gasteiger partial charge in [0.2, 0.25) is 5.91 Å². The summed E-state index contributed by atoms with van der Waals surface area (Å²) in [4.78, 5) is 11.9. The van der Waals surface area contributed by atoms with Crippen LogP contribution in [0.15, 0.2) is 24.3 Å². The van der Waals surface area contributed by atoms with Gasteiger partial charge in [-0.05, 0) is 32.4 Å². The monoisotopic (exact) mass is 310 g/mol. The van der Waals surface area contributed by atoms with Crippen LogP contribution in [0.5, 0.6) is 0 Å². The predicted molar refractivity (Wildman–Crippen MR) is 84.1 cm³/mol. The normalized spacial score (nSPS) is 21.9. The molecule has 6 heteroatoms. The van der Waals surface area contributed by atoms with E-state index in [1.807, 2.05) is 38.1 Å². The summed E-state index contributed by atoms with van der Waals surface area (Å²) in [6.45, 7) is 3.90. The predicted octanol–water partition coefficient (Wildman–Crippen LogP) is 1.49. The molecule has 0 bridgehead atoms. The van der Waals surface area contributed by atoms with E-state index in [2.05, 4.69) is 10.6 Å². The van der Waals surface area contributed by atoms with Crippen LogP contribution in [0.4, 0.5) is 5.69 Å². The molecule has 1 aliphatic heterocycles. The van der Waals surface area contributed by atoms with Gasteiger partial charge in [0.15, 0.2) is 9.84 Å². The van der Waals surface area contributed by atoms with Gasteiger partial charge in [-0.25, -0.2) is 8.42 Å². The molecule has 1 aliphatic rings. The average Bonchev–Trinajstić information content (AvgIpc) is 2.71. The molecule has 0 spiro atoms. The van der Waals surface area contributed by atoms with Crippen molar-refractivity contribution < 1.29 is 13.2 Å². The van der Waals surface area contributed by atoms with Crippen LogP contribution in [0.2, 0.25) is 0 Å². The van der Waals surface area contributed by atoms with Crippen molar-refractivity contribution in [3.05, 3.63) is 29.8 Å². The molecule has 1 fully saturated rings. The molecule has 116 valence electrons. The second-order valence-corrected chi connectivity index (χ2v) is 8.01. The highest BCUT2D eigenvalue weighted by atomic mass is 32.2. The molecule has 0 radical (unpaired) electrons. The summed E-state index contributed by atoms with van der Waals surface area (Å²) in [5.74, 6) is 0.351. The minimum absolute atomic E-state index is 0.0304. The van der Waals surface area contributed by atoms with Crippen molar-refractivity contribution in [2.24, 2.45) is 0 Å². The Kier molecular flexibility index (Phi) is 5.00. The summed E-state index contributed by atoms with van der Waals surface area (Å²) in [5, 5.41) is 6.06. The first-order chi connectivity index (χ1) is 9.84. The van der Waals surface area contributed by atoms with Gasteiger partial charge in [-0.1, -0.05) is 17.7 Å². The Morgan fingerprint density at radius 1 is 1.33 bits per heavy atom. The molecule has 0 aliphatic carbocycles. The maximum atomic E-state index is 11.9. The van der Waals surface area contributed by atoms with E-state index in [1.165, 1.54) is 0 Å². The number of rotatable bonds is 5. The number of benzene rings is 1. The van der Waals surface area contributed by atoms with Crippen LogP contribution in [0.3, 0.4) is 0 Å². The molecular weight excluding hydrogens is 288 g/mol. The summed E-state index contributed by atoms with van der Waals surface area (Å²) in [7, 11) is -2.89. The van der Waals surface area contributed by atoms with Crippen LogP contribution >= 0.6 is 0 Å². The number of sulfone groups is 1. The molecule has 2 atom stereocenters. The lowest BCUT2D eigenvalue weighted by Gasteiger charge is -2.18. The summed E-state index contributed by atoms with van der Waals surface area (Å²) in [6.07, 6.45) is 0.955. The van der Waals surface area contributed by atoms with Crippen LogP contribution < -0.4 is 10.6 Å². The smallest absolute Gasteiger partial charge is 0.225 e. The molecule has 0 saturated carbocycles. The Morgan fingerprint density at radius 3 is 2.57 bits per heavy atom. The number of hydrogen-bond acceptors (Lipinski definition) is 4. The first kappa shape index (κ1) is 16.0. The van der Waals surface area contributed by atoms with Gasteiger partial charge in [0.25, 0.3) is 0 Å². The number of amides is 1. The van der Waals surface area contributed by atoms with Crippen molar-refractivity contribution in [3.63, 3.8) is 0 Å². The summed E-state index contributed by atoms with van der Waals surface area (Å²) < 4.78 is 22.8. The highest BCUT2D eigenvalue weighted by Crippen LogP contribution is 2.13. The van der Waals surface area contributed by atoms with Crippen molar-refractivity contribution in [3.8, 4) is 0 Å². The fourth-order valence-electron chi connectivity index (χ4n) is 2.51. The molecule has 2 N–H and O–H groups in total.